The first-order chi connectivity index (χ1) is 8.73. The van der Waals surface area contributed by atoms with E-state index in [4.69, 9.17) is 9.84 Å². The van der Waals surface area contributed by atoms with E-state index >= 15 is 0 Å². The molecule has 0 aliphatic rings. The summed E-state index contributed by atoms with van der Waals surface area (Å²) < 4.78 is 42.7. The Kier molecular flexibility index (Phi) is 5.59. The van der Waals surface area contributed by atoms with Gasteiger partial charge in [-0.2, -0.15) is 13.2 Å². The number of alkyl halides is 3. The molecular weight excluding hydrogens is 279 g/mol. The van der Waals surface area contributed by atoms with Crippen LogP contribution in [0.4, 0.5) is 13.2 Å². The Balaban J connectivity index is 5.49. The molecule has 0 amide bonds. The van der Waals surface area contributed by atoms with E-state index in [1.165, 1.54) is 27.8 Å². The Morgan fingerprint density at radius 1 is 1.20 bits per heavy atom. The van der Waals surface area contributed by atoms with Crippen molar-refractivity contribution in [3.8, 4) is 0 Å². The first-order valence-corrected chi connectivity index (χ1v) is 5.95. The topological polar surface area (TPSA) is 75.6 Å². The van der Waals surface area contributed by atoms with Crippen molar-refractivity contribution in [3.05, 3.63) is 0 Å². The van der Waals surface area contributed by atoms with Crippen molar-refractivity contribution in [1.29, 1.82) is 0 Å². The van der Waals surface area contributed by atoms with Crippen molar-refractivity contribution in [1.82, 2.24) is 5.32 Å². The number of halogens is 3. The third-order valence-electron chi connectivity index (χ3n) is 2.79. The molecule has 118 valence electrons. The van der Waals surface area contributed by atoms with Gasteiger partial charge in [-0.15, -0.1) is 0 Å². The number of esters is 1. The minimum absolute atomic E-state index is 1.01. The first kappa shape index (κ1) is 18.7. The molecule has 2 atom stereocenters. The molecule has 0 aromatic rings. The summed E-state index contributed by atoms with van der Waals surface area (Å²) in [5.74, 6) is -4.64. The molecule has 8 heteroatoms. The van der Waals surface area contributed by atoms with Crippen LogP contribution in [-0.4, -0.2) is 41.4 Å². The van der Waals surface area contributed by atoms with Gasteiger partial charge >= 0.3 is 18.1 Å². The van der Waals surface area contributed by atoms with E-state index in [0.29, 0.717) is 0 Å². The normalized spacial score (nSPS) is 17.2. The number of carbonyl (C=O) groups excluding carboxylic acids is 1. The fourth-order valence-corrected chi connectivity index (χ4v) is 1.56. The highest BCUT2D eigenvalue weighted by Gasteiger charge is 2.51. The predicted molar refractivity (Wildman–Crippen MR) is 65.1 cm³/mol. The Labute approximate surface area is 115 Å². The summed E-state index contributed by atoms with van der Waals surface area (Å²) in [7, 11) is 1.18. The third-order valence-corrected chi connectivity index (χ3v) is 2.79. The number of rotatable bonds is 5. The van der Waals surface area contributed by atoms with Gasteiger partial charge in [0.25, 0.3) is 0 Å². The van der Waals surface area contributed by atoms with Gasteiger partial charge in [0.2, 0.25) is 0 Å². The molecule has 2 N–H and O–H groups in total. The zero-order valence-electron chi connectivity index (χ0n) is 12.1. The molecule has 0 aliphatic carbocycles. The van der Waals surface area contributed by atoms with Crippen LogP contribution in [0.5, 0.6) is 0 Å². The number of hydrogen-bond acceptors (Lipinski definition) is 4. The molecule has 0 aromatic carbocycles. The summed E-state index contributed by atoms with van der Waals surface area (Å²) in [5.41, 5.74) is -3.08. The van der Waals surface area contributed by atoms with Gasteiger partial charge in [0.1, 0.15) is 11.1 Å². The van der Waals surface area contributed by atoms with Crippen LogP contribution in [0.1, 0.15) is 34.1 Å². The number of carboxylic acid groups (broad SMARTS) is 1. The van der Waals surface area contributed by atoms with E-state index in [1.807, 2.05) is 0 Å². The maximum Gasteiger partial charge on any atom is 0.390 e. The molecule has 0 fully saturated rings. The molecule has 0 saturated carbocycles. The average Bonchev–Trinajstić information content (AvgIpc) is 2.20. The summed E-state index contributed by atoms with van der Waals surface area (Å²) in [6, 6.07) is 0. The van der Waals surface area contributed by atoms with E-state index in [-0.39, 0.29) is 0 Å². The molecule has 0 radical (unpaired) electrons. The Morgan fingerprint density at radius 2 is 1.65 bits per heavy atom. The molecule has 5 nitrogen and oxygen atoms in total. The Hall–Kier alpha value is -1.31. The van der Waals surface area contributed by atoms with Crippen LogP contribution < -0.4 is 5.32 Å². The minimum atomic E-state index is -4.69. The highest BCUT2D eigenvalue weighted by atomic mass is 19.4. The van der Waals surface area contributed by atoms with Crippen molar-refractivity contribution in [2.75, 3.05) is 7.05 Å². The summed E-state index contributed by atoms with van der Waals surface area (Å²) in [6.45, 7) is 5.50. The number of hydrogen-bond donors (Lipinski definition) is 2. The van der Waals surface area contributed by atoms with Crippen molar-refractivity contribution < 1.29 is 32.6 Å². The van der Waals surface area contributed by atoms with Crippen molar-refractivity contribution >= 4 is 11.9 Å². The summed E-state index contributed by atoms with van der Waals surface area (Å²) in [4.78, 5) is 23.1. The zero-order valence-corrected chi connectivity index (χ0v) is 12.1. The summed E-state index contributed by atoms with van der Waals surface area (Å²) >= 11 is 0. The van der Waals surface area contributed by atoms with Gasteiger partial charge in [0.15, 0.2) is 0 Å². The van der Waals surface area contributed by atoms with Gasteiger partial charge in [-0.1, -0.05) is 0 Å². The molecular formula is C12H20F3NO4. The summed E-state index contributed by atoms with van der Waals surface area (Å²) in [6.07, 6.45) is -6.26. The van der Waals surface area contributed by atoms with Gasteiger partial charge < -0.3 is 15.2 Å². The molecule has 20 heavy (non-hydrogen) atoms. The van der Waals surface area contributed by atoms with Crippen LogP contribution in [0.25, 0.3) is 0 Å². The van der Waals surface area contributed by atoms with Gasteiger partial charge in [-0.05, 0) is 34.7 Å². The molecule has 0 spiro atoms. The lowest BCUT2D eigenvalue weighted by Gasteiger charge is -2.34. The van der Waals surface area contributed by atoms with E-state index in [0.717, 1.165) is 6.92 Å². The first-order valence-electron chi connectivity index (χ1n) is 5.95. The minimum Gasteiger partial charge on any atom is -0.480 e. The maximum absolute atomic E-state index is 12.6. The number of ether oxygens (including phenoxy) is 1. The lowest BCUT2D eigenvalue weighted by atomic mass is 9.83. The van der Waals surface area contributed by atoms with Crippen molar-refractivity contribution in [2.45, 2.75) is 51.4 Å². The predicted octanol–water partition coefficient (Wildman–Crippen LogP) is 1.96. The number of carboxylic acids is 1. The van der Waals surface area contributed by atoms with Crippen LogP contribution in [0.3, 0.4) is 0 Å². The summed E-state index contributed by atoms with van der Waals surface area (Å²) in [5, 5.41) is 11.4. The molecule has 0 bridgehead atoms. The zero-order chi connectivity index (χ0) is 16.4. The van der Waals surface area contributed by atoms with Gasteiger partial charge in [-0.3, -0.25) is 9.59 Å². The number of likely N-dealkylation sites (N-methyl/N-ethyl adjacent to an activating group) is 1. The van der Waals surface area contributed by atoms with Gasteiger partial charge in [0.05, 0.1) is 12.3 Å². The molecule has 0 heterocycles. The van der Waals surface area contributed by atoms with Crippen LogP contribution >= 0.6 is 0 Å². The van der Waals surface area contributed by atoms with E-state index < -0.39 is 41.6 Å². The van der Waals surface area contributed by atoms with Crippen LogP contribution in [-0.2, 0) is 14.3 Å². The molecule has 0 aromatic heterocycles. The molecule has 0 rings (SSSR count). The highest BCUT2D eigenvalue weighted by molar-refractivity contribution is 5.87. The van der Waals surface area contributed by atoms with E-state index in [2.05, 4.69) is 5.32 Å². The average molecular weight is 299 g/mol. The third kappa shape index (κ3) is 5.36. The fourth-order valence-electron chi connectivity index (χ4n) is 1.56. The largest absolute Gasteiger partial charge is 0.480 e. The second kappa shape index (κ2) is 5.99. The monoisotopic (exact) mass is 299 g/mol. The number of nitrogens with one attached hydrogen (secondary N) is 1. The number of carbonyl (C=O) groups is 2. The Morgan fingerprint density at radius 3 is 1.90 bits per heavy atom. The SMILES string of the molecule is CN[C@](C)(C(=O)O)C(CC(F)(F)F)C(=O)OC(C)(C)C. The lowest BCUT2D eigenvalue weighted by Crippen LogP contribution is -2.58. The van der Waals surface area contributed by atoms with Crippen molar-refractivity contribution in [2.24, 2.45) is 5.92 Å². The quantitative estimate of drug-likeness (QED) is 0.759. The second-order valence-corrected chi connectivity index (χ2v) is 5.66. The van der Waals surface area contributed by atoms with Crippen LogP contribution in [0, 0.1) is 5.92 Å². The lowest BCUT2D eigenvalue weighted by molar-refractivity contribution is -0.185. The maximum atomic E-state index is 12.6. The van der Waals surface area contributed by atoms with Crippen molar-refractivity contribution in [3.63, 3.8) is 0 Å². The Bertz CT molecular complexity index is 376. The van der Waals surface area contributed by atoms with Gasteiger partial charge in [0, 0.05) is 0 Å². The number of aliphatic carboxylic acids is 1. The second-order valence-electron chi connectivity index (χ2n) is 5.66. The fraction of sp³-hybridized carbons (Fsp3) is 0.833. The molecule has 1 unspecified atom stereocenters. The standard InChI is InChI=1S/C12H20F3NO4/c1-10(2,3)20-8(17)7(6-12(13,14)15)11(4,16-5)9(18)19/h7,16H,6H2,1-5H3,(H,18,19)/t7?,11-/m0/s1. The smallest absolute Gasteiger partial charge is 0.390 e. The van der Waals surface area contributed by atoms with Gasteiger partial charge in [-0.25, -0.2) is 0 Å². The van der Waals surface area contributed by atoms with Crippen LogP contribution in [0.2, 0.25) is 0 Å². The van der Waals surface area contributed by atoms with E-state index in [9.17, 15) is 22.8 Å². The highest BCUT2D eigenvalue weighted by Crippen LogP contribution is 2.33. The molecule has 0 aliphatic heterocycles. The van der Waals surface area contributed by atoms with Crippen LogP contribution in [0.15, 0.2) is 0 Å². The van der Waals surface area contributed by atoms with E-state index in [1.54, 1.807) is 0 Å². The molecule has 0 saturated heterocycles.